The Morgan fingerprint density at radius 2 is 0.817 bits per heavy atom. The molecule has 1 aliphatic heterocycles. The number of aryl methyl sites for hydroxylation is 5. The van der Waals surface area contributed by atoms with Gasteiger partial charge in [-0.3, -0.25) is 29.1 Å². The fraction of sp³-hybridized carbons (Fsp3) is 0.228. The van der Waals surface area contributed by atoms with Crippen molar-refractivity contribution in [1.29, 1.82) is 0 Å². The molecule has 0 spiro atoms. The Morgan fingerprint density at radius 1 is 0.415 bits per heavy atom. The van der Waals surface area contributed by atoms with Gasteiger partial charge in [-0.1, -0.05) is 6.92 Å². The number of nitrogens with one attached hydrogen (secondary N) is 7. The molecule has 14 heterocycles. The quantitative estimate of drug-likeness (QED) is 0.0227. The maximum absolute atomic E-state index is 11.6. The molecule has 0 radical (unpaired) electrons. The lowest BCUT2D eigenvalue weighted by atomic mass is 10.1. The van der Waals surface area contributed by atoms with Crippen molar-refractivity contribution in [2.24, 2.45) is 28.7 Å². The average Bonchev–Trinajstić information content (AvgIpc) is 1.70. The zero-order valence-corrected chi connectivity index (χ0v) is 83.9. The van der Waals surface area contributed by atoms with E-state index in [1.165, 1.54) is 47.1 Å². The van der Waals surface area contributed by atoms with Gasteiger partial charge in [0.2, 0.25) is 29.5 Å². The number of amides is 5. The van der Waals surface area contributed by atoms with Crippen molar-refractivity contribution >= 4 is 244 Å². The Balaban J connectivity index is 0.000000123. The number of nitrogens with two attached hydrogens (primary N) is 5. The molecule has 1 saturated heterocycles. The van der Waals surface area contributed by atoms with Crippen molar-refractivity contribution in [2.75, 3.05) is 56.5 Å². The molecule has 1 aliphatic carbocycles. The number of carbonyl (C=O) groups is 5. The molecule has 1 saturated carbocycles. The number of hydrogen-bond donors (Lipinski definition) is 12. The number of nitrogens with zero attached hydrogens (tertiary/aromatic N) is 14. The fourth-order valence-corrected chi connectivity index (χ4v) is 20.8. The predicted molar refractivity (Wildman–Crippen MR) is 570 cm³/mol. The number of rotatable bonds is 27. The molecule has 0 bridgehead atoms. The van der Waals surface area contributed by atoms with Gasteiger partial charge in [-0.15, -0.1) is 68.0 Å². The summed E-state index contributed by atoms with van der Waals surface area (Å²) in [4.78, 5) is 116. The smallest absolute Gasteiger partial charge is 0.248 e. The molecule has 142 heavy (non-hydrogen) atoms. The Bertz CT molecular complexity index is 7820. The van der Waals surface area contributed by atoms with Gasteiger partial charge in [0.1, 0.15) is 61.0 Å². The summed E-state index contributed by atoms with van der Waals surface area (Å²) in [6, 6.07) is 42.1. The van der Waals surface area contributed by atoms with E-state index < -0.39 is 29.5 Å². The lowest BCUT2D eigenvalue weighted by Crippen LogP contribution is -2.20. The first kappa shape index (κ1) is 99.2. The minimum atomic E-state index is -0.492. The first-order valence-electron chi connectivity index (χ1n) is 45.5. The SMILES string of the molecule is CCC(C)Oc1cc(C(N)=O)ccc1Nc1ncnc2cc(C)sc12.CCOc1cc(C(N)=O)ccc1Nc1ncnc2cc(C)sc12.Cc1cc2ncnc(Nc3ccc(C(N)=O)cc3OC(C)C)c2s1.Cc1cc2ncnc(Nc3ccc(C(N)=O)cc3OC3CCCC3)c2s1.Cc1csc2c(Nc3ccc4[nH]ncc4c3)ncnc12.NC(=O)c1ccc(Nc2ncnc3ccsc23)c(N2CCCC2)c1. The van der Waals surface area contributed by atoms with E-state index in [1.807, 2.05) is 141 Å². The lowest BCUT2D eigenvalue weighted by Gasteiger charge is -2.22. The third-order valence-electron chi connectivity index (χ3n) is 22.4. The van der Waals surface area contributed by atoms with Crippen molar-refractivity contribution in [1.82, 2.24) is 70.0 Å². The zero-order valence-electron chi connectivity index (χ0n) is 79.0. The number of aromatic amines is 1. The summed E-state index contributed by atoms with van der Waals surface area (Å²) in [5.74, 6) is 4.46. The maximum atomic E-state index is 11.6. The summed E-state index contributed by atoms with van der Waals surface area (Å²) in [5.41, 5.74) is 42.7. The van der Waals surface area contributed by atoms with Gasteiger partial charge >= 0.3 is 0 Å². The summed E-state index contributed by atoms with van der Waals surface area (Å²) < 4.78 is 29.6. The summed E-state index contributed by atoms with van der Waals surface area (Å²) >= 11 is 9.78. The molecular formula is C101H102N26O9S6. The Hall–Kier alpha value is -15.8. The third-order valence-corrected chi connectivity index (χ3v) is 28.6. The molecule has 17 N–H and O–H groups in total. The number of benzene rings is 6. The van der Waals surface area contributed by atoms with E-state index in [4.69, 9.17) is 47.6 Å². The molecule has 41 heteroatoms. The molecule has 13 aromatic heterocycles. The van der Waals surface area contributed by atoms with E-state index in [0.717, 1.165) is 184 Å². The molecule has 2 fully saturated rings. The topological polar surface area (TPSA) is 511 Å². The maximum Gasteiger partial charge on any atom is 0.248 e. The Labute approximate surface area is 839 Å². The van der Waals surface area contributed by atoms with Crippen molar-refractivity contribution in [3.63, 3.8) is 0 Å². The van der Waals surface area contributed by atoms with Crippen LogP contribution in [-0.4, -0.2) is 138 Å². The molecular weight excluding hydrogens is 1910 g/mol. The minimum Gasteiger partial charge on any atom is -0.492 e. The monoisotopic (exact) mass is 2010 g/mol. The molecule has 1 atom stereocenters. The van der Waals surface area contributed by atoms with Gasteiger partial charge < -0.3 is 84.4 Å². The highest BCUT2D eigenvalue weighted by molar-refractivity contribution is 7.21. The fourth-order valence-electron chi connectivity index (χ4n) is 15.4. The molecule has 6 aromatic carbocycles. The lowest BCUT2D eigenvalue weighted by molar-refractivity contribution is 0.0991. The number of anilines is 13. The third kappa shape index (κ3) is 24.3. The van der Waals surface area contributed by atoms with Gasteiger partial charge in [0.15, 0.2) is 34.9 Å². The van der Waals surface area contributed by atoms with Gasteiger partial charge in [-0.25, -0.2) is 59.8 Å². The van der Waals surface area contributed by atoms with Gasteiger partial charge in [0, 0.05) is 71.5 Å². The first-order valence-corrected chi connectivity index (χ1v) is 50.5. The molecule has 5 amide bonds. The number of fused-ring (bicyclic) bond motifs is 7. The van der Waals surface area contributed by atoms with Crippen LogP contribution >= 0.6 is 68.0 Å². The average molecular weight is 2020 g/mol. The second kappa shape index (κ2) is 45.4. The molecule has 1 unspecified atom stereocenters. The zero-order chi connectivity index (χ0) is 99.8. The van der Waals surface area contributed by atoms with Crippen LogP contribution in [0.5, 0.6) is 23.0 Å². The summed E-state index contributed by atoms with van der Waals surface area (Å²) in [6.45, 7) is 22.4. The van der Waals surface area contributed by atoms with Crippen LogP contribution in [0.1, 0.15) is 156 Å². The van der Waals surface area contributed by atoms with E-state index in [-0.39, 0.29) is 18.3 Å². The van der Waals surface area contributed by atoms with Crippen LogP contribution in [0.4, 0.5) is 74.7 Å². The number of aromatic nitrogens is 14. The van der Waals surface area contributed by atoms with Crippen LogP contribution in [0.2, 0.25) is 0 Å². The number of primary amides is 5. The van der Waals surface area contributed by atoms with E-state index >= 15 is 0 Å². The van der Waals surface area contributed by atoms with E-state index in [1.54, 1.807) is 160 Å². The molecule has 726 valence electrons. The largest absolute Gasteiger partial charge is 0.492 e. The van der Waals surface area contributed by atoms with Crippen molar-refractivity contribution in [3.8, 4) is 23.0 Å². The number of carbonyl (C=O) groups excluding carboxylic acids is 5. The second-order valence-corrected chi connectivity index (χ2v) is 40.1. The van der Waals surface area contributed by atoms with E-state index in [0.29, 0.717) is 74.9 Å². The van der Waals surface area contributed by atoms with Crippen molar-refractivity contribution in [2.45, 2.75) is 132 Å². The van der Waals surface area contributed by atoms with Crippen LogP contribution in [0.25, 0.3) is 72.2 Å². The predicted octanol–water partition coefficient (Wildman–Crippen LogP) is 21.8. The number of thiophene rings is 6. The van der Waals surface area contributed by atoms with Crippen LogP contribution in [0.3, 0.4) is 0 Å². The van der Waals surface area contributed by atoms with Gasteiger partial charge in [-0.2, -0.15) is 5.10 Å². The summed E-state index contributed by atoms with van der Waals surface area (Å²) in [5, 5.41) is 32.1. The van der Waals surface area contributed by atoms with Crippen LogP contribution in [0, 0.1) is 34.6 Å². The molecule has 19 aromatic rings. The van der Waals surface area contributed by atoms with Gasteiger partial charge in [0.05, 0.1) is 132 Å². The number of hydrogen-bond acceptors (Lipinski definition) is 35. The summed E-state index contributed by atoms with van der Waals surface area (Å²) in [7, 11) is 0. The highest BCUT2D eigenvalue weighted by atomic mass is 32.1. The van der Waals surface area contributed by atoms with Crippen LogP contribution < -0.4 is 84.4 Å². The Morgan fingerprint density at radius 3 is 1.27 bits per heavy atom. The highest BCUT2D eigenvalue weighted by Crippen LogP contribution is 2.43. The minimum absolute atomic E-state index is 0.0121. The van der Waals surface area contributed by atoms with Gasteiger partial charge in [-0.05, 0) is 263 Å². The standard InChI is InChI=1S/C19H20N4O2S.C18H20N4O2S.C17H17N5OS.C17H18N4O2S.C16H16N4O2S.C14H11N5S/c1-11-8-15-17(26-11)19(22-10-21-15)23-14-7-6-12(18(20)24)9-16(14)25-13-4-2-3-5-13;1-4-10(2)24-15-8-12(17(19)23)5-6-13(15)22-18-16-14(20-9-21-18)7-11(3)25-16;18-16(23)11-3-4-12(14(9-11)22-6-1-2-7-22)21-17-15-13(5-8-24-15)19-10-20-17;1-9(2)23-14-7-11(16(18)22)4-5-12(14)21-17-15-13(19-8-20-17)6-10(3)24-15;1-3-22-13-7-10(15(17)21)4-5-11(13)20-16-14-12(18-8-19-16)6-9(2)23-14;1-8-6-20-13-12(8)15-7-16-14(13)18-10-2-3-11-9(4-10)5-17-19-11/h6-10,13H,2-5H2,1H3,(H2,20,24)(H,21,22,23);5-10H,4H2,1-3H3,(H2,19,23)(H,20,21,22);3-5,8-10H,1-2,6-7H2,(H2,18,23)(H,19,20,21);4-9H,1-3H3,(H2,18,22)(H,19,20,21);4-8H,3H2,1-2H3,(H2,17,21)(H,18,19,20);2-7H,1H3,(H,17,19)(H,15,16,18). The second-order valence-electron chi connectivity index (χ2n) is 33.3. The highest BCUT2D eigenvalue weighted by Gasteiger charge is 2.25. The normalized spacial score (nSPS) is 12.4. The molecule has 2 aliphatic rings. The number of ether oxygens (including phenoxy) is 4. The van der Waals surface area contributed by atoms with Gasteiger partial charge in [0.25, 0.3) is 0 Å². The first-order chi connectivity index (χ1) is 68.6. The van der Waals surface area contributed by atoms with Crippen LogP contribution in [-0.2, 0) is 0 Å². The van der Waals surface area contributed by atoms with Crippen molar-refractivity contribution < 1.29 is 42.9 Å². The Kier molecular flexibility index (Phi) is 31.7. The van der Waals surface area contributed by atoms with Crippen molar-refractivity contribution in [3.05, 3.63) is 247 Å². The van der Waals surface area contributed by atoms with Crippen LogP contribution in [0.15, 0.2) is 194 Å². The van der Waals surface area contributed by atoms with E-state index in [2.05, 4.69) is 119 Å². The summed E-state index contributed by atoms with van der Waals surface area (Å²) in [6.07, 6.45) is 18.8. The molecule has 35 nitrogen and oxygen atoms in total. The number of H-pyrrole nitrogens is 1. The molecule has 21 rings (SSSR count). The van der Waals surface area contributed by atoms with E-state index in [9.17, 15) is 24.0 Å².